The van der Waals surface area contributed by atoms with Crippen molar-refractivity contribution in [2.45, 2.75) is 19.3 Å². The minimum atomic E-state index is -0.476. The Kier molecular flexibility index (Phi) is 5.35. The minimum Gasteiger partial charge on any atom is -0.481 e. The fraction of sp³-hybridized carbons (Fsp3) is 0.533. The Balaban J connectivity index is 1.72. The van der Waals surface area contributed by atoms with E-state index in [4.69, 9.17) is 4.74 Å². The molecule has 1 amide bonds. The largest absolute Gasteiger partial charge is 0.481 e. The maximum Gasteiger partial charge on any atom is 0.257 e. The minimum absolute atomic E-state index is 0.0803. The summed E-state index contributed by atoms with van der Waals surface area (Å²) in [5.74, 6) is -0.0507. The Labute approximate surface area is 117 Å². The van der Waals surface area contributed by atoms with Gasteiger partial charge in [0, 0.05) is 13.2 Å². The predicted molar refractivity (Wildman–Crippen MR) is 72.8 cm³/mol. The van der Waals surface area contributed by atoms with Crippen molar-refractivity contribution in [3.8, 4) is 5.75 Å². The summed E-state index contributed by atoms with van der Waals surface area (Å²) >= 11 is 0. The molecule has 2 atom stereocenters. The van der Waals surface area contributed by atoms with E-state index in [1.54, 1.807) is 12.1 Å². The van der Waals surface area contributed by atoms with Crippen LogP contribution < -0.4 is 10.1 Å². The third kappa shape index (κ3) is 3.93. The van der Waals surface area contributed by atoms with Gasteiger partial charge < -0.3 is 15.2 Å². The summed E-state index contributed by atoms with van der Waals surface area (Å²) in [6.45, 7) is 0.522. The maximum absolute atomic E-state index is 13.3. The topological polar surface area (TPSA) is 58.6 Å². The molecule has 1 saturated carbocycles. The van der Waals surface area contributed by atoms with Crippen molar-refractivity contribution in [3.05, 3.63) is 30.1 Å². The molecule has 20 heavy (non-hydrogen) atoms. The Morgan fingerprint density at radius 1 is 1.35 bits per heavy atom. The van der Waals surface area contributed by atoms with Crippen LogP contribution in [-0.2, 0) is 4.79 Å². The Bertz CT molecular complexity index is 452. The van der Waals surface area contributed by atoms with E-state index in [1.807, 2.05) is 0 Å². The summed E-state index contributed by atoms with van der Waals surface area (Å²) in [4.78, 5) is 11.7. The Hall–Kier alpha value is -1.62. The molecular formula is C15H20FNO3. The van der Waals surface area contributed by atoms with Crippen LogP contribution in [0, 0.1) is 17.7 Å². The molecule has 0 aromatic heterocycles. The molecule has 0 heterocycles. The predicted octanol–water partition coefficient (Wildman–Crippen LogP) is 1.73. The van der Waals surface area contributed by atoms with Gasteiger partial charge in [-0.3, -0.25) is 4.79 Å². The number of benzene rings is 1. The van der Waals surface area contributed by atoms with Crippen LogP contribution in [0.2, 0.25) is 0 Å². The fourth-order valence-electron chi connectivity index (χ4n) is 2.62. The summed E-state index contributed by atoms with van der Waals surface area (Å²) < 4.78 is 18.4. The summed E-state index contributed by atoms with van der Waals surface area (Å²) in [5, 5.41) is 12.0. The third-order valence-corrected chi connectivity index (χ3v) is 3.81. The fourth-order valence-corrected chi connectivity index (χ4v) is 2.62. The van der Waals surface area contributed by atoms with Gasteiger partial charge in [-0.25, -0.2) is 4.39 Å². The first-order valence-electron chi connectivity index (χ1n) is 6.95. The van der Waals surface area contributed by atoms with Gasteiger partial charge in [-0.1, -0.05) is 18.6 Å². The number of carbonyl (C=O) groups is 1. The Morgan fingerprint density at radius 2 is 2.10 bits per heavy atom. The van der Waals surface area contributed by atoms with Crippen molar-refractivity contribution in [2.24, 2.45) is 11.8 Å². The first-order chi connectivity index (χ1) is 9.70. The molecule has 0 aliphatic heterocycles. The molecule has 1 aromatic carbocycles. The highest BCUT2D eigenvalue weighted by Gasteiger charge is 2.26. The molecule has 1 fully saturated rings. The molecular weight excluding hydrogens is 261 g/mol. The van der Waals surface area contributed by atoms with Crippen molar-refractivity contribution in [3.63, 3.8) is 0 Å². The lowest BCUT2D eigenvalue weighted by molar-refractivity contribution is -0.123. The molecule has 2 N–H and O–H groups in total. The van der Waals surface area contributed by atoms with E-state index in [0.717, 1.165) is 19.3 Å². The molecule has 2 unspecified atom stereocenters. The average molecular weight is 281 g/mol. The molecule has 0 spiro atoms. The van der Waals surface area contributed by atoms with Gasteiger partial charge in [0.25, 0.3) is 5.91 Å². The SMILES string of the molecule is O=C(COc1ccccc1F)NCC1CCCC1CO. The maximum atomic E-state index is 13.3. The highest BCUT2D eigenvalue weighted by atomic mass is 19.1. The molecule has 5 heteroatoms. The Morgan fingerprint density at radius 3 is 2.85 bits per heavy atom. The van der Waals surface area contributed by atoms with E-state index in [0.29, 0.717) is 12.5 Å². The quantitative estimate of drug-likeness (QED) is 0.835. The van der Waals surface area contributed by atoms with Crippen molar-refractivity contribution in [2.75, 3.05) is 19.8 Å². The van der Waals surface area contributed by atoms with E-state index in [-0.39, 0.29) is 30.8 Å². The first-order valence-corrected chi connectivity index (χ1v) is 6.95. The molecule has 1 aliphatic carbocycles. The number of halogens is 1. The zero-order valence-electron chi connectivity index (χ0n) is 11.3. The first kappa shape index (κ1) is 14.8. The van der Waals surface area contributed by atoms with Crippen molar-refractivity contribution < 1.29 is 19.0 Å². The average Bonchev–Trinajstić information content (AvgIpc) is 2.91. The van der Waals surface area contributed by atoms with Gasteiger partial charge >= 0.3 is 0 Å². The van der Waals surface area contributed by atoms with E-state index < -0.39 is 5.82 Å². The molecule has 2 rings (SSSR count). The number of para-hydroxylation sites is 1. The molecule has 0 radical (unpaired) electrons. The number of ether oxygens (including phenoxy) is 1. The number of rotatable bonds is 6. The van der Waals surface area contributed by atoms with E-state index >= 15 is 0 Å². The lowest BCUT2D eigenvalue weighted by Gasteiger charge is -2.17. The summed E-state index contributed by atoms with van der Waals surface area (Å²) in [7, 11) is 0. The summed E-state index contributed by atoms with van der Waals surface area (Å²) in [5.41, 5.74) is 0. The van der Waals surface area contributed by atoms with Gasteiger partial charge in [0.05, 0.1) is 0 Å². The van der Waals surface area contributed by atoms with Gasteiger partial charge in [0.15, 0.2) is 18.2 Å². The number of hydrogen-bond acceptors (Lipinski definition) is 3. The highest BCUT2D eigenvalue weighted by Crippen LogP contribution is 2.30. The number of aliphatic hydroxyl groups is 1. The number of hydrogen-bond donors (Lipinski definition) is 2. The van der Waals surface area contributed by atoms with Crippen LogP contribution in [0.3, 0.4) is 0 Å². The zero-order valence-corrected chi connectivity index (χ0v) is 11.3. The second-order valence-electron chi connectivity index (χ2n) is 5.16. The second-order valence-corrected chi connectivity index (χ2v) is 5.16. The van der Waals surface area contributed by atoms with Crippen molar-refractivity contribution in [1.29, 1.82) is 0 Å². The van der Waals surface area contributed by atoms with Crippen LogP contribution in [0.5, 0.6) is 5.75 Å². The van der Waals surface area contributed by atoms with Crippen LogP contribution in [-0.4, -0.2) is 30.8 Å². The monoisotopic (exact) mass is 281 g/mol. The zero-order chi connectivity index (χ0) is 14.4. The molecule has 110 valence electrons. The summed E-state index contributed by atoms with van der Waals surface area (Å²) in [6, 6.07) is 6.00. The van der Waals surface area contributed by atoms with Crippen LogP contribution in [0.4, 0.5) is 4.39 Å². The second kappa shape index (κ2) is 7.24. The van der Waals surface area contributed by atoms with Gasteiger partial charge in [-0.05, 0) is 36.8 Å². The lowest BCUT2D eigenvalue weighted by Crippen LogP contribution is -2.34. The van der Waals surface area contributed by atoms with Gasteiger partial charge in [0.2, 0.25) is 0 Å². The molecule has 0 bridgehead atoms. The highest BCUT2D eigenvalue weighted by molar-refractivity contribution is 5.77. The van der Waals surface area contributed by atoms with E-state index in [1.165, 1.54) is 12.1 Å². The third-order valence-electron chi connectivity index (χ3n) is 3.81. The number of carbonyl (C=O) groups excluding carboxylic acids is 1. The van der Waals surface area contributed by atoms with Crippen LogP contribution in [0.1, 0.15) is 19.3 Å². The van der Waals surface area contributed by atoms with Crippen molar-refractivity contribution in [1.82, 2.24) is 5.32 Å². The smallest absolute Gasteiger partial charge is 0.257 e. The van der Waals surface area contributed by atoms with Gasteiger partial charge in [-0.15, -0.1) is 0 Å². The molecule has 0 saturated heterocycles. The van der Waals surface area contributed by atoms with Crippen molar-refractivity contribution >= 4 is 5.91 Å². The van der Waals surface area contributed by atoms with Crippen LogP contribution in [0.25, 0.3) is 0 Å². The summed E-state index contributed by atoms with van der Waals surface area (Å²) in [6.07, 6.45) is 3.14. The van der Waals surface area contributed by atoms with Gasteiger partial charge in [0.1, 0.15) is 0 Å². The van der Waals surface area contributed by atoms with E-state index in [2.05, 4.69) is 5.32 Å². The van der Waals surface area contributed by atoms with Crippen LogP contribution >= 0.6 is 0 Å². The normalized spacial score (nSPS) is 21.7. The number of amides is 1. The standard InChI is InChI=1S/C15H20FNO3/c16-13-6-1-2-7-14(13)20-10-15(19)17-8-11-4-3-5-12(11)9-18/h1-2,6-7,11-12,18H,3-5,8-10H2,(H,17,19). The van der Waals surface area contributed by atoms with E-state index in [9.17, 15) is 14.3 Å². The number of aliphatic hydroxyl groups excluding tert-OH is 1. The molecule has 4 nitrogen and oxygen atoms in total. The lowest BCUT2D eigenvalue weighted by atomic mass is 9.97. The number of nitrogens with one attached hydrogen (secondary N) is 1. The molecule has 1 aliphatic rings. The van der Waals surface area contributed by atoms with Gasteiger partial charge in [-0.2, -0.15) is 0 Å². The van der Waals surface area contributed by atoms with Crippen LogP contribution in [0.15, 0.2) is 24.3 Å². The molecule has 1 aromatic rings.